The van der Waals surface area contributed by atoms with E-state index in [0.29, 0.717) is 13.2 Å². The van der Waals surface area contributed by atoms with Crippen LogP contribution in [0.3, 0.4) is 0 Å². The third kappa shape index (κ3) is 5.76. The van der Waals surface area contributed by atoms with Crippen LogP contribution in [0, 0.1) is 25.5 Å². The summed E-state index contributed by atoms with van der Waals surface area (Å²) in [5.41, 5.74) is 4.32. The van der Waals surface area contributed by atoms with Gasteiger partial charge in [-0.2, -0.15) is 5.10 Å². The minimum absolute atomic E-state index is 0.0401. The van der Waals surface area contributed by atoms with Gasteiger partial charge in [0.2, 0.25) is 5.91 Å². The molecule has 174 valence electrons. The quantitative estimate of drug-likeness (QED) is 0.542. The maximum atomic E-state index is 12.6. The highest BCUT2D eigenvalue weighted by atomic mass is 32.1. The number of para-hydroxylation sites is 1. The van der Waals surface area contributed by atoms with E-state index in [4.69, 9.17) is 12.2 Å². The summed E-state index contributed by atoms with van der Waals surface area (Å²) in [6, 6.07) is 16.4. The number of benzene rings is 2. The number of hydrogen-bond donors (Lipinski definition) is 1. The first-order valence-electron chi connectivity index (χ1n) is 11.4. The third-order valence-corrected chi connectivity index (χ3v) is 6.63. The Bertz CT molecular complexity index is 1140. The van der Waals surface area contributed by atoms with Crippen LogP contribution in [0.2, 0.25) is 0 Å². The second kappa shape index (κ2) is 10.4. The lowest BCUT2D eigenvalue weighted by Gasteiger charge is -2.34. The Morgan fingerprint density at radius 3 is 2.24 bits per heavy atom. The van der Waals surface area contributed by atoms with Crippen LogP contribution >= 0.6 is 12.2 Å². The highest BCUT2D eigenvalue weighted by molar-refractivity contribution is 7.71. The lowest BCUT2D eigenvalue weighted by molar-refractivity contribution is -0.117. The molecule has 1 N–H and O–H groups in total. The summed E-state index contributed by atoms with van der Waals surface area (Å²) in [7, 11) is 0. The summed E-state index contributed by atoms with van der Waals surface area (Å²) in [6.07, 6.45) is 0. The maximum absolute atomic E-state index is 12.6. The Hall–Kier alpha value is -2.81. The van der Waals surface area contributed by atoms with Crippen LogP contribution < -0.4 is 5.32 Å². The van der Waals surface area contributed by atoms with Gasteiger partial charge in [0, 0.05) is 31.9 Å². The van der Waals surface area contributed by atoms with Crippen molar-refractivity contribution in [1.82, 2.24) is 24.1 Å². The fourth-order valence-corrected chi connectivity index (χ4v) is 4.56. The standard InChI is InChI=1S/C25H32N6OS/c1-19-8-7-9-20(2)24(19)26-23(32)17-28-12-14-29(15-13-28)18-31-25(33)30(21(3)27-31)16-22-10-5-4-6-11-22/h4-11H,12-18H2,1-3H3,(H,26,32). The molecule has 2 heterocycles. The first kappa shape index (κ1) is 23.4. The van der Waals surface area contributed by atoms with E-state index in [1.807, 2.05) is 61.9 Å². The van der Waals surface area contributed by atoms with E-state index in [2.05, 4.69) is 36.9 Å². The molecule has 1 aliphatic rings. The van der Waals surface area contributed by atoms with Crippen LogP contribution in [0.15, 0.2) is 48.5 Å². The van der Waals surface area contributed by atoms with Gasteiger partial charge in [0.25, 0.3) is 0 Å². The molecule has 0 radical (unpaired) electrons. The Labute approximate surface area is 200 Å². The highest BCUT2D eigenvalue weighted by Gasteiger charge is 2.20. The highest BCUT2D eigenvalue weighted by Crippen LogP contribution is 2.19. The van der Waals surface area contributed by atoms with E-state index < -0.39 is 0 Å². The maximum Gasteiger partial charge on any atom is 0.238 e. The van der Waals surface area contributed by atoms with Crippen molar-refractivity contribution < 1.29 is 4.79 Å². The van der Waals surface area contributed by atoms with Crippen molar-refractivity contribution in [3.8, 4) is 0 Å². The predicted molar refractivity (Wildman–Crippen MR) is 134 cm³/mol. The Kier molecular flexibility index (Phi) is 7.37. The van der Waals surface area contributed by atoms with Gasteiger partial charge in [0.15, 0.2) is 4.77 Å². The number of anilines is 1. The van der Waals surface area contributed by atoms with Gasteiger partial charge in [-0.3, -0.25) is 19.2 Å². The summed E-state index contributed by atoms with van der Waals surface area (Å²) in [5.74, 6) is 0.962. The summed E-state index contributed by atoms with van der Waals surface area (Å²) >= 11 is 5.72. The molecule has 0 aliphatic carbocycles. The first-order chi connectivity index (χ1) is 15.9. The lowest BCUT2D eigenvalue weighted by atomic mass is 10.1. The minimum Gasteiger partial charge on any atom is -0.324 e. The van der Waals surface area contributed by atoms with Crippen molar-refractivity contribution >= 4 is 23.8 Å². The molecule has 8 heteroatoms. The van der Waals surface area contributed by atoms with E-state index in [9.17, 15) is 4.79 Å². The van der Waals surface area contributed by atoms with Gasteiger partial charge in [0.05, 0.1) is 19.8 Å². The number of aromatic nitrogens is 3. The molecule has 0 spiro atoms. The average molecular weight is 465 g/mol. The number of piperazine rings is 1. The largest absolute Gasteiger partial charge is 0.324 e. The fourth-order valence-electron chi connectivity index (χ4n) is 4.26. The zero-order valence-electron chi connectivity index (χ0n) is 19.6. The number of nitrogens with one attached hydrogen (secondary N) is 1. The number of carbonyl (C=O) groups excluding carboxylic acids is 1. The van der Waals surface area contributed by atoms with Gasteiger partial charge in [-0.15, -0.1) is 0 Å². The Morgan fingerprint density at radius 2 is 1.58 bits per heavy atom. The number of nitrogens with zero attached hydrogens (tertiary/aromatic N) is 5. The molecule has 2 aromatic carbocycles. The van der Waals surface area contributed by atoms with Crippen LogP contribution in [-0.2, 0) is 18.0 Å². The van der Waals surface area contributed by atoms with Crippen molar-refractivity contribution in [1.29, 1.82) is 0 Å². The normalized spacial score (nSPS) is 15.0. The molecule has 1 amide bonds. The van der Waals surface area contributed by atoms with E-state index in [-0.39, 0.29) is 5.91 Å². The molecule has 1 saturated heterocycles. The van der Waals surface area contributed by atoms with Crippen LogP contribution in [-0.4, -0.2) is 62.8 Å². The summed E-state index contributed by atoms with van der Waals surface area (Å²) in [6.45, 7) is 11.3. The van der Waals surface area contributed by atoms with Crippen LogP contribution in [0.1, 0.15) is 22.5 Å². The van der Waals surface area contributed by atoms with Gasteiger partial charge in [-0.25, -0.2) is 4.68 Å². The van der Waals surface area contributed by atoms with Gasteiger partial charge in [-0.1, -0.05) is 48.5 Å². The monoisotopic (exact) mass is 464 g/mol. The molecule has 1 aromatic heterocycles. The van der Waals surface area contributed by atoms with Crippen LogP contribution in [0.5, 0.6) is 0 Å². The fraction of sp³-hybridized carbons (Fsp3) is 0.400. The van der Waals surface area contributed by atoms with Gasteiger partial charge in [-0.05, 0) is 49.7 Å². The van der Waals surface area contributed by atoms with Crippen LogP contribution in [0.25, 0.3) is 0 Å². The first-order valence-corrected chi connectivity index (χ1v) is 11.8. The third-order valence-electron chi connectivity index (χ3n) is 6.20. The Balaban J connectivity index is 1.29. The van der Waals surface area contributed by atoms with Gasteiger partial charge >= 0.3 is 0 Å². The molecule has 33 heavy (non-hydrogen) atoms. The molecule has 7 nitrogen and oxygen atoms in total. The van der Waals surface area contributed by atoms with Crippen molar-refractivity contribution in [3.05, 3.63) is 75.8 Å². The second-order valence-electron chi connectivity index (χ2n) is 8.75. The molecule has 1 fully saturated rings. The summed E-state index contributed by atoms with van der Waals surface area (Å²) < 4.78 is 4.74. The lowest BCUT2D eigenvalue weighted by Crippen LogP contribution is -2.49. The predicted octanol–water partition coefficient (Wildman–Crippen LogP) is 3.60. The average Bonchev–Trinajstić information content (AvgIpc) is 3.06. The van der Waals surface area contributed by atoms with Crippen molar-refractivity contribution in [3.63, 3.8) is 0 Å². The SMILES string of the molecule is Cc1cccc(C)c1NC(=O)CN1CCN(Cn2nc(C)n(Cc3ccccc3)c2=S)CC1. The molecule has 1 aliphatic heterocycles. The zero-order chi connectivity index (χ0) is 23.4. The van der Waals surface area contributed by atoms with Crippen molar-refractivity contribution in [2.45, 2.75) is 34.0 Å². The number of carbonyl (C=O) groups is 1. The van der Waals surface area contributed by atoms with Crippen LogP contribution in [0.4, 0.5) is 5.69 Å². The molecule has 0 atom stereocenters. The molecular weight excluding hydrogens is 432 g/mol. The number of rotatable bonds is 7. The van der Waals surface area contributed by atoms with Gasteiger partial charge in [0.1, 0.15) is 5.82 Å². The Morgan fingerprint density at radius 1 is 0.939 bits per heavy atom. The smallest absolute Gasteiger partial charge is 0.238 e. The van der Waals surface area contributed by atoms with E-state index in [1.165, 1.54) is 5.56 Å². The molecule has 4 rings (SSSR count). The minimum atomic E-state index is 0.0401. The van der Waals surface area contributed by atoms with E-state index in [0.717, 1.165) is 60.1 Å². The topological polar surface area (TPSA) is 58.3 Å². The number of amides is 1. The molecule has 3 aromatic rings. The number of hydrogen-bond acceptors (Lipinski definition) is 5. The molecule has 0 saturated carbocycles. The zero-order valence-corrected chi connectivity index (χ0v) is 20.4. The van der Waals surface area contributed by atoms with Crippen molar-refractivity contribution in [2.24, 2.45) is 0 Å². The van der Waals surface area contributed by atoms with E-state index in [1.54, 1.807) is 0 Å². The molecular formula is C25H32N6OS. The van der Waals surface area contributed by atoms with E-state index >= 15 is 0 Å². The summed E-state index contributed by atoms with van der Waals surface area (Å²) in [5, 5.41) is 7.78. The van der Waals surface area contributed by atoms with Crippen molar-refractivity contribution in [2.75, 3.05) is 38.0 Å². The number of aryl methyl sites for hydroxylation is 3. The summed E-state index contributed by atoms with van der Waals surface area (Å²) in [4.78, 5) is 17.1. The second-order valence-corrected chi connectivity index (χ2v) is 9.12. The van der Waals surface area contributed by atoms with Gasteiger partial charge < -0.3 is 5.32 Å². The molecule has 0 unspecified atom stereocenters. The molecule has 0 bridgehead atoms.